The number of nitrogens with zero attached hydrogens (tertiary/aromatic N) is 2. The minimum atomic E-state index is -0.899. The minimum Gasteiger partial charge on any atom is -0.329 e. The first-order valence-electron chi connectivity index (χ1n) is 9.64. The van der Waals surface area contributed by atoms with E-state index in [1.807, 2.05) is 44.2 Å². The standard InChI is InChI=1S/C21H23N3O3/c1-12(2)10-17-21(13-6-3-4-7-14(13)22-20(21)27)11-16-18(25)23-9-5-8-15(23)19(26)24(16)17/h3-4,6-7,10,15-17H,5,8-9,11H2,1-2H3,(H,22,27)/t15-,16-,17+,21+/m0/s1. The minimum absolute atomic E-state index is 0.00156. The van der Waals surface area contributed by atoms with E-state index < -0.39 is 17.5 Å². The van der Waals surface area contributed by atoms with Gasteiger partial charge >= 0.3 is 0 Å². The number of hydrogen-bond donors (Lipinski definition) is 1. The summed E-state index contributed by atoms with van der Waals surface area (Å²) in [7, 11) is 0. The number of anilines is 1. The van der Waals surface area contributed by atoms with Gasteiger partial charge in [0, 0.05) is 12.2 Å². The lowest BCUT2D eigenvalue weighted by atomic mass is 9.73. The molecule has 0 radical (unpaired) electrons. The number of amides is 3. The third kappa shape index (κ3) is 1.98. The van der Waals surface area contributed by atoms with Gasteiger partial charge in [-0.05, 0) is 44.7 Å². The van der Waals surface area contributed by atoms with Crippen LogP contribution >= 0.6 is 0 Å². The van der Waals surface area contributed by atoms with Gasteiger partial charge in [-0.25, -0.2) is 0 Å². The first-order chi connectivity index (χ1) is 12.9. The van der Waals surface area contributed by atoms with Crippen molar-refractivity contribution in [2.45, 2.75) is 56.7 Å². The predicted molar refractivity (Wildman–Crippen MR) is 100.0 cm³/mol. The number of hydrogen-bond acceptors (Lipinski definition) is 3. The summed E-state index contributed by atoms with van der Waals surface area (Å²) in [5, 5.41) is 2.99. The fourth-order valence-electron chi connectivity index (χ4n) is 5.47. The second kappa shape index (κ2) is 5.44. The summed E-state index contributed by atoms with van der Waals surface area (Å²) in [6.45, 7) is 4.58. The van der Waals surface area contributed by atoms with Crippen molar-refractivity contribution in [1.29, 1.82) is 0 Å². The maximum Gasteiger partial charge on any atom is 0.246 e. The summed E-state index contributed by atoms with van der Waals surface area (Å²) in [5.41, 5.74) is 1.82. The molecule has 3 saturated heterocycles. The molecular formula is C21H23N3O3. The zero-order valence-corrected chi connectivity index (χ0v) is 15.6. The molecule has 4 aliphatic heterocycles. The van der Waals surface area contributed by atoms with E-state index in [0.717, 1.165) is 23.2 Å². The molecule has 6 heteroatoms. The van der Waals surface area contributed by atoms with Crippen LogP contribution in [-0.4, -0.2) is 52.2 Å². The Labute approximate surface area is 158 Å². The number of para-hydroxylation sites is 1. The van der Waals surface area contributed by atoms with Crippen molar-refractivity contribution in [1.82, 2.24) is 9.80 Å². The molecule has 0 aromatic heterocycles. The lowest BCUT2D eigenvalue weighted by molar-refractivity contribution is -0.158. The molecule has 0 saturated carbocycles. The maximum atomic E-state index is 13.4. The van der Waals surface area contributed by atoms with E-state index in [2.05, 4.69) is 5.32 Å². The Morgan fingerprint density at radius 2 is 1.93 bits per heavy atom. The second-order valence-electron chi connectivity index (χ2n) is 8.32. The largest absolute Gasteiger partial charge is 0.329 e. The highest BCUT2D eigenvalue weighted by molar-refractivity contribution is 6.10. The van der Waals surface area contributed by atoms with Gasteiger partial charge in [0.15, 0.2) is 0 Å². The number of carbonyl (C=O) groups is 3. The van der Waals surface area contributed by atoms with Crippen LogP contribution < -0.4 is 5.32 Å². The SMILES string of the molecule is CC(C)=C[C@H]1N2C(=O)[C@@H]3CCCN3C(=O)[C@@H]2C[C@]12C(=O)Nc1ccccc12. The molecule has 0 bridgehead atoms. The summed E-state index contributed by atoms with van der Waals surface area (Å²) in [6.07, 6.45) is 3.92. The molecule has 4 heterocycles. The fraction of sp³-hybridized carbons (Fsp3) is 0.476. The first kappa shape index (κ1) is 16.5. The third-order valence-corrected chi connectivity index (χ3v) is 6.57. The van der Waals surface area contributed by atoms with Crippen LogP contribution in [0.2, 0.25) is 0 Å². The Morgan fingerprint density at radius 1 is 1.15 bits per heavy atom. The Bertz CT molecular complexity index is 904. The van der Waals surface area contributed by atoms with Crippen LogP contribution in [0.25, 0.3) is 0 Å². The molecule has 6 nitrogen and oxygen atoms in total. The predicted octanol–water partition coefficient (Wildman–Crippen LogP) is 1.82. The van der Waals surface area contributed by atoms with Gasteiger partial charge in [0.2, 0.25) is 17.7 Å². The van der Waals surface area contributed by atoms with Crippen LogP contribution in [0.5, 0.6) is 0 Å². The number of piperazine rings is 1. The van der Waals surface area contributed by atoms with Gasteiger partial charge in [-0.1, -0.05) is 29.8 Å². The molecule has 5 rings (SSSR count). The van der Waals surface area contributed by atoms with Crippen LogP contribution in [0.1, 0.15) is 38.7 Å². The van der Waals surface area contributed by atoms with Crippen LogP contribution in [-0.2, 0) is 19.8 Å². The van der Waals surface area contributed by atoms with E-state index >= 15 is 0 Å². The zero-order valence-electron chi connectivity index (χ0n) is 15.6. The lowest BCUT2D eigenvalue weighted by Gasteiger charge is -2.41. The number of benzene rings is 1. The number of allylic oxidation sites excluding steroid dienone is 1. The highest BCUT2D eigenvalue weighted by Crippen LogP contribution is 2.52. The molecule has 1 spiro atoms. The molecule has 140 valence electrons. The van der Waals surface area contributed by atoms with Crippen LogP contribution in [0.15, 0.2) is 35.9 Å². The number of fused-ring (bicyclic) bond motifs is 4. The molecule has 1 aromatic carbocycles. The van der Waals surface area contributed by atoms with Crippen LogP contribution in [0.3, 0.4) is 0 Å². The Balaban J connectivity index is 1.71. The fourth-order valence-corrected chi connectivity index (χ4v) is 5.47. The average molecular weight is 365 g/mol. The van der Waals surface area contributed by atoms with Gasteiger partial charge in [-0.2, -0.15) is 0 Å². The first-order valence-corrected chi connectivity index (χ1v) is 9.64. The van der Waals surface area contributed by atoms with Gasteiger partial charge in [-0.15, -0.1) is 0 Å². The average Bonchev–Trinajstić information content (AvgIpc) is 3.31. The summed E-state index contributed by atoms with van der Waals surface area (Å²) < 4.78 is 0. The Kier molecular flexibility index (Phi) is 3.33. The second-order valence-corrected chi connectivity index (χ2v) is 8.32. The highest BCUT2D eigenvalue weighted by Gasteiger charge is 2.66. The van der Waals surface area contributed by atoms with Crippen LogP contribution in [0.4, 0.5) is 5.69 Å². The van der Waals surface area contributed by atoms with Gasteiger partial charge in [0.1, 0.15) is 17.5 Å². The topological polar surface area (TPSA) is 69.7 Å². The van der Waals surface area contributed by atoms with E-state index in [1.165, 1.54) is 0 Å². The number of rotatable bonds is 1. The van der Waals surface area contributed by atoms with Crippen LogP contribution in [0, 0.1) is 0 Å². The molecule has 27 heavy (non-hydrogen) atoms. The van der Waals surface area contributed by atoms with E-state index in [-0.39, 0.29) is 23.8 Å². The van der Waals surface area contributed by atoms with Crippen molar-refractivity contribution >= 4 is 23.4 Å². The van der Waals surface area contributed by atoms with E-state index in [9.17, 15) is 14.4 Å². The normalized spacial score (nSPS) is 33.9. The van der Waals surface area contributed by atoms with E-state index in [0.29, 0.717) is 19.4 Å². The summed E-state index contributed by atoms with van der Waals surface area (Å²) >= 11 is 0. The summed E-state index contributed by atoms with van der Waals surface area (Å²) in [6, 6.07) is 6.29. The summed E-state index contributed by atoms with van der Waals surface area (Å²) in [5.74, 6) is -0.117. The molecule has 3 amide bonds. The molecule has 1 aromatic rings. The van der Waals surface area contributed by atoms with Gasteiger partial charge in [0.25, 0.3) is 0 Å². The van der Waals surface area contributed by atoms with Crippen molar-refractivity contribution in [2.24, 2.45) is 0 Å². The van der Waals surface area contributed by atoms with Crippen molar-refractivity contribution in [3.63, 3.8) is 0 Å². The summed E-state index contributed by atoms with van der Waals surface area (Å²) in [4.78, 5) is 43.3. The monoisotopic (exact) mass is 365 g/mol. The molecular weight excluding hydrogens is 342 g/mol. The van der Waals surface area contributed by atoms with Crippen molar-refractivity contribution in [3.8, 4) is 0 Å². The molecule has 3 fully saturated rings. The van der Waals surface area contributed by atoms with Crippen molar-refractivity contribution in [2.75, 3.05) is 11.9 Å². The molecule has 0 unspecified atom stereocenters. The molecule has 4 aliphatic rings. The smallest absolute Gasteiger partial charge is 0.246 e. The lowest BCUT2D eigenvalue weighted by Crippen LogP contribution is -2.62. The van der Waals surface area contributed by atoms with Crippen molar-refractivity contribution in [3.05, 3.63) is 41.5 Å². The Morgan fingerprint density at radius 3 is 2.70 bits per heavy atom. The zero-order chi connectivity index (χ0) is 18.9. The number of carbonyl (C=O) groups excluding carboxylic acids is 3. The highest BCUT2D eigenvalue weighted by atomic mass is 16.2. The number of nitrogens with one attached hydrogen (secondary N) is 1. The van der Waals surface area contributed by atoms with Gasteiger partial charge in [-0.3, -0.25) is 14.4 Å². The van der Waals surface area contributed by atoms with E-state index in [4.69, 9.17) is 0 Å². The van der Waals surface area contributed by atoms with Gasteiger partial charge < -0.3 is 15.1 Å². The van der Waals surface area contributed by atoms with Crippen molar-refractivity contribution < 1.29 is 14.4 Å². The Hall–Kier alpha value is -2.63. The third-order valence-electron chi connectivity index (χ3n) is 6.57. The quantitative estimate of drug-likeness (QED) is 0.772. The van der Waals surface area contributed by atoms with E-state index in [1.54, 1.807) is 9.80 Å². The molecule has 4 atom stereocenters. The molecule has 1 N–H and O–H groups in total. The van der Waals surface area contributed by atoms with Gasteiger partial charge in [0.05, 0.1) is 6.04 Å². The maximum absolute atomic E-state index is 13.4. The molecule has 0 aliphatic carbocycles.